The van der Waals surface area contributed by atoms with Crippen LogP contribution in [0.4, 0.5) is 0 Å². The molecule has 3 saturated heterocycles. The minimum atomic E-state index is -1.94. The molecule has 15 atom stereocenters. The summed E-state index contributed by atoms with van der Waals surface area (Å²) in [6, 6.07) is 6.95. The van der Waals surface area contributed by atoms with Crippen LogP contribution in [0.25, 0.3) is 0 Å². The molecule has 0 spiro atoms. The van der Waals surface area contributed by atoms with Gasteiger partial charge in [-0.15, -0.1) is 0 Å². The summed E-state index contributed by atoms with van der Waals surface area (Å²) in [5.41, 5.74) is -1.26. The van der Waals surface area contributed by atoms with Gasteiger partial charge < -0.3 is 71.6 Å². The lowest BCUT2D eigenvalue weighted by atomic mass is 9.94. The molecular formula is C44H57NO24S. The molecule has 0 unspecified atom stereocenters. The van der Waals surface area contributed by atoms with Crippen molar-refractivity contribution in [1.82, 2.24) is 5.32 Å². The summed E-state index contributed by atoms with van der Waals surface area (Å²) in [7, 11) is 0. The molecule has 3 aliphatic heterocycles. The highest BCUT2D eigenvalue weighted by atomic mass is 32.2. The molecule has 0 aliphatic carbocycles. The Morgan fingerprint density at radius 2 is 0.800 bits per heavy atom. The van der Waals surface area contributed by atoms with E-state index in [1.165, 1.54) is 0 Å². The van der Waals surface area contributed by atoms with Gasteiger partial charge in [0, 0.05) is 74.1 Å². The number of thioether (sulfide) groups is 1. The Balaban J connectivity index is 1.93. The Bertz CT molecular complexity index is 2050. The number of nitrogens with one attached hydrogen (secondary N) is 1. The van der Waals surface area contributed by atoms with Crippen LogP contribution in [0.15, 0.2) is 35.2 Å². The van der Waals surface area contributed by atoms with E-state index in [4.69, 9.17) is 66.3 Å². The molecule has 3 aliphatic rings. The second-order valence-corrected chi connectivity index (χ2v) is 17.0. The number of hydrogen-bond acceptors (Lipinski definition) is 25. The number of carbonyl (C=O) groups is 10. The van der Waals surface area contributed by atoms with E-state index >= 15 is 0 Å². The number of carbonyl (C=O) groups excluding carboxylic acids is 10. The fraction of sp³-hybridized carbons (Fsp3) is 0.636. The summed E-state index contributed by atoms with van der Waals surface area (Å²) in [5.74, 6) is -8.74. The van der Waals surface area contributed by atoms with E-state index in [1.807, 2.05) is 0 Å². The summed E-state index contributed by atoms with van der Waals surface area (Å²) in [6.45, 7) is 8.65. The number of esters is 9. The molecule has 1 aromatic carbocycles. The van der Waals surface area contributed by atoms with Crippen molar-refractivity contribution in [2.45, 2.75) is 165 Å². The summed E-state index contributed by atoms with van der Waals surface area (Å²) >= 11 is 1.04. The van der Waals surface area contributed by atoms with E-state index in [0.717, 1.165) is 81.0 Å². The highest BCUT2D eigenvalue weighted by Crippen LogP contribution is 2.41. The third kappa shape index (κ3) is 16.9. The molecule has 1 aromatic rings. The van der Waals surface area contributed by atoms with Crippen LogP contribution in [-0.2, 0) is 114 Å². The van der Waals surface area contributed by atoms with Crippen molar-refractivity contribution in [2.75, 3.05) is 19.8 Å². The molecule has 3 heterocycles. The van der Waals surface area contributed by atoms with Crippen LogP contribution < -0.4 is 5.32 Å². The van der Waals surface area contributed by atoms with Crippen molar-refractivity contribution >= 4 is 71.4 Å². The highest BCUT2D eigenvalue weighted by Gasteiger charge is 2.59. The van der Waals surface area contributed by atoms with Gasteiger partial charge in [-0.25, -0.2) is 0 Å². The summed E-state index contributed by atoms with van der Waals surface area (Å²) < 4.78 is 81.9. The first-order valence-electron chi connectivity index (χ1n) is 21.6. The molecule has 0 aromatic heterocycles. The quantitative estimate of drug-likeness (QED) is 0.146. The lowest BCUT2D eigenvalue weighted by Crippen LogP contribution is -2.70. The Morgan fingerprint density at radius 1 is 0.429 bits per heavy atom. The van der Waals surface area contributed by atoms with Gasteiger partial charge in [0.25, 0.3) is 0 Å². The van der Waals surface area contributed by atoms with E-state index < -0.39 is 171 Å². The number of benzene rings is 1. The molecule has 0 bridgehead atoms. The molecule has 0 saturated carbocycles. The minimum Gasteiger partial charge on any atom is -0.463 e. The molecule has 388 valence electrons. The van der Waals surface area contributed by atoms with Gasteiger partial charge in [0.1, 0.15) is 61.8 Å². The monoisotopic (exact) mass is 1020 g/mol. The van der Waals surface area contributed by atoms with Crippen LogP contribution in [0.5, 0.6) is 0 Å². The van der Waals surface area contributed by atoms with Crippen molar-refractivity contribution < 1.29 is 114 Å². The Morgan fingerprint density at radius 3 is 1.24 bits per heavy atom. The molecule has 70 heavy (non-hydrogen) atoms. The maximum Gasteiger partial charge on any atom is 0.303 e. The molecule has 25 nitrogen and oxygen atoms in total. The first kappa shape index (κ1) is 56.7. The smallest absolute Gasteiger partial charge is 0.303 e. The molecule has 26 heteroatoms. The Kier molecular flexibility index (Phi) is 21.3. The summed E-state index contributed by atoms with van der Waals surface area (Å²) in [6.07, 6.45) is -21.6. The molecule has 3 fully saturated rings. The molecule has 4 rings (SSSR count). The third-order valence-electron chi connectivity index (χ3n) is 9.94. The van der Waals surface area contributed by atoms with E-state index in [-0.39, 0.29) is 0 Å². The zero-order valence-electron chi connectivity index (χ0n) is 39.9. The SMILES string of the molecule is CC(=O)N[C@H]1[C@H](O[C@H]2[C@@H](OC(C)=O)[C@H](OC(C)=O)[C@@H](COC(C)=O)O[C@@H]2Sc2ccccc2)O[C@H](COC(C)=O)[C@@H](O[C@@H]2O[C@H](COC(C)=O)[C@H](OC(C)=O)[C@H](OC(C)=O)[C@H]2OC(C)=O)[C@@H]1OC(C)=O. The van der Waals surface area contributed by atoms with E-state index in [2.05, 4.69) is 5.32 Å². The normalized spacial score (nSPS) is 30.5. The van der Waals surface area contributed by atoms with Gasteiger partial charge in [0.15, 0.2) is 49.2 Å². The number of hydrogen-bond donors (Lipinski definition) is 1. The molecule has 1 amide bonds. The largest absolute Gasteiger partial charge is 0.463 e. The second-order valence-electron chi connectivity index (χ2n) is 15.8. The third-order valence-corrected chi connectivity index (χ3v) is 11.1. The Labute approximate surface area is 405 Å². The van der Waals surface area contributed by atoms with Gasteiger partial charge in [-0.3, -0.25) is 47.9 Å². The average molecular weight is 1020 g/mol. The molecule has 1 N–H and O–H groups in total. The van der Waals surface area contributed by atoms with Crippen LogP contribution in [0.1, 0.15) is 69.2 Å². The maximum atomic E-state index is 13.2. The van der Waals surface area contributed by atoms with Gasteiger partial charge in [-0.05, 0) is 12.1 Å². The first-order chi connectivity index (χ1) is 32.9. The summed E-state index contributed by atoms with van der Waals surface area (Å²) in [5, 5.41) is 2.62. The van der Waals surface area contributed by atoms with Crippen LogP contribution in [0.2, 0.25) is 0 Å². The standard InChI is InChI=1S/C44H57NO24S/c1-19(46)45-33-37(61-25(7)52)34(68-43-40(64-28(10)55)38(62-26(8)53)35(59-23(5)50)31(66-43)17-57-21(3)48)30(16-56-20(2)47)65-42(33)69-41-39(63-27(9)54)36(60-24(6)51)32(18-58-22(4)49)67-44(41)70-29-14-12-11-13-15-29/h11-15,30-44H,16-18H2,1-10H3,(H,45,46)/t30-,31-,32-,33-,34-,35+,36-,37-,38+,39+,40-,41+,42+,43+,44-/m1/s1. The summed E-state index contributed by atoms with van der Waals surface area (Å²) in [4.78, 5) is 127. The number of ether oxygens (including phenoxy) is 14. The van der Waals surface area contributed by atoms with Crippen molar-refractivity contribution in [3.8, 4) is 0 Å². The topological polar surface area (TPSA) is 312 Å². The van der Waals surface area contributed by atoms with Crippen LogP contribution in [0, 0.1) is 0 Å². The lowest BCUT2D eigenvalue weighted by molar-refractivity contribution is -0.358. The predicted molar refractivity (Wildman–Crippen MR) is 229 cm³/mol. The molecular weight excluding hydrogens is 959 g/mol. The zero-order valence-corrected chi connectivity index (χ0v) is 40.7. The fourth-order valence-corrected chi connectivity index (χ4v) is 8.72. The van der Waals surface area contributed by atoms with Crippen LogP contribution in [-0.4, -0.2) is 171 Å². The van der Waals surface area contributed by atoms with Gasteiger partial charge in [0.05, 0.1) is 0 Å². The minimum absolute atomic E-state index is 0.491. The van der Waals surface area contributed by atoms with E-state index in [0.29, 0.717) is 4.90 Å². The van der Waals surface area contributed by atoms with Crippen molar-refractivity contribution in [1.29, 1.82) is 0 Å². The lowest BCUT2D eigenvalue weighted by Gasteiger charge is -2.51. The van der Waals surface area contributed by atoms with Gasteiger partial charge in [0.2, 0.25) is 5.91 Å². The first-order valence-corrected chi connectivity index (χ1v) is 22.5. The van der Waals surface area contributed by atoms with Crippen molar-refractivity contribution in [3.63, 3.8) is 0 Å². The predicted octanol–water partition coefficient (Wildman–Crippen LogP) is 0.508. The van der Waals surface area contributed by atoms with Crippen LogP contribution >= 0.6 is 11.8 Å². The number of amides is 1. The van der Waals surface area contributed by atoms with E-state index in [9.17, 15) is 47.9 Å². The zero-order chi connectivity index (χ0) is 52.0. The molecule has 0 radical (unpaired) electrons. The Hall–Kier alpha value is -5.93. The van der Waals surface area contributed by atoms with E-state index in [1.54, 1.807) is 30.3 Å². The highest BCUT2D eigenvalue weighted by molar-refractivity contribution is 7.99. The van der Waals surface area contributed by atoms with Crippen LogP contribution in [0.3, 0.4) is 0 Å². The van der Waals surface area contributed by atoms with Gasteiger partial charge in [-0.1, -0.05) is 30.0 Å². The van der Waals surface area contributed by atoms with Gasteiger partial charge >= 0.3 is 53.7 Å². The maximum absolute atomic E-state index is 13.2. The number of rotatable bonds is 19. The second kappa shape index (κ2) is 26.3. The van der Waals surface area contributed by atoms with Gasteiger partial charge in [-0.2, -0.15) is 0 Å². The van der Waals surface area contributed by atoms with Crippen molar-refractivity contribution in [2.24, 2.45) is 0 Å². The van der Waals surface area contributed by atoms with Crippen molar-refractivity contribution in [3.05, 3.63) is 30.3 Å². The fourth-order valence-electron chi connectivity index (χ4n) is 7.59. The average Bonchev–Trinajstić information content (AvgIpc) is 3.24.